The number of halogens is 1. The van der Waals surface area contributed by atoms with E-state index in [9.17, 15) is 9.59 Å². The molecule has 0 aromatic heterocycles. The van der Waals surface area contributed by atoms with E-state index >= 15 is 0 Å². The van der Waals surface area contributed by atoms with Crippen molar-refractivity contribution < 1.29 is 14.3 Å². The number of carbonyl (C=O) groups is 2. The van der Waals surface area contributed by atoms with Crippen LogP contribution in [0.4, 0.5) is 0 Å². The summed E-state index contributed by atoms with van der Waals surface area (Å²) in [7, 11) is 0. The third-order valence-electron chi connectivity index (χ3n) is 5.63. The van der Waals surface area contributed by atoms with Crippen LogP contribution in [0.1, 0.15) is 55.4 Å². The zero-order valence-electron chi connectivity index (χ0n) is 19.8. The van der Waals surface area contributed by atoms with Crippen LogP contribution in [0.25, 0.3) is 0 Å². The van der Waals surface area contributed by atoms with Gasteiger partial charge in [0.25, 0.3) is 5.91 Å². The van der Waals surface area contributed by atoms with Crippen molar-refractivity contribution in [2.45, 2.75) is 66.5 Å². The minimum Gasteiger partial charge on any atom is -0.483 e. The number of ether oxygens (including phenoxy) is 1. The molecule has 0 aliphatic rings. The molecule has 0 spiro atoms. The molecule has 2 amide bonds. The maximum Gasteiger partial charge on any atom is 0.261 e. The molecule has 0 heterocycles. The number of amides is 2. The Morgan fingerprint density at radius 3 is 2.50 bits per heavy atom. The van der Waals surface area contributed by atoms with E-state index in [1.54, 1.807) is 11.0 Å². The summed E-state index contributed by atoms with van der Waals surface area (Å²) in [5.74, 6) is 0.291. The molecule has 0 radical (unpaired) electrons. The molecule has 0 saturated carbocycles. The second-order valence-corrected chi connectivity index (χ2v) is 8.58. The molecule has 5 nitrogen and oxygen atoms in total. The summed E-state index contributed by atoms with van der Waals surface area (Å²) in [5.41, 5.74) is 3.99. The van der Waals surface area contributed by atoms with Crippen molar-refractivity contribution >= 4 is 23.4 Å². The summed E-state index contributed by atoms with van der Waals surface area (Å²) in [4.78, 5) is 27.8. The predicted octanol–water partition coefficient (Wildman–Crippen LogP) is 5.37. The van der Waals surface area contributed by atoms with Gasteiger partial charge in [0.15, 0.2) is 6.61 Å². The van der Waals surface area contributed by atoms with Crippen molar-refractivity contribution in [2.75, 3.05) is 13.2 Å². The molecule has 32 heavy (non-hydrogen) atoms. The van der Waals surface area contributed by atoms with Crippen molar-refractivity contribution in [1.82, 2.24) is 10.2 Å². The summed E-state index contributed by atoms with van der Waals surface area (Å²) in [6.45, 7) is 10.7. The van der Waals surface area contributed by atoms with E-state index in [-0.39, 0.29) is 25.0 Å². The first-order valence-electron chi connectivity index (χ1n) is 11.3. The van der Waals surface area contributed by atoms with Gasteiger partial charge in [-0.1, -0.05) is 56.1 Å². The molecular weight excluding hydrogens is 424 g/mol. The number of unbranched alkanes of at least 4 members (excludes halogenated alkanes) is 1. The van der Waals surface area contributed by atoms with Gasteiger partial charge in [-0.3, -0.25) is 9.59 Å². The highest BCUT2D eigenvalue weighted by atomic mass is 35.5. The lowest BCUT2D eigenvalue weighted by atomic mass is 10.1. The minimum absolute atomic E-state index is 0.146. The van der Waals surface area contributed by atoms with Gasteiger partial charge >= 0.3 is 0 Å². The van der Waals surface area contributed by atoms with Gasteiger partial charge in [-0.05, 0) is 68.0 Å². The normalized spacial score (nSPS) is 11.7. The first kappa shape index (κ1) is 25.7. The fourth-order valence-corrected chi connectivity index (χ4v) is 3.80. The van der Waals surface area contributed by atoms with Crippen molar-refractivity contribution in [1.29, 1.82) is 0 Å². The van der Waals surface area contributed by atoms with Crippen molar-refractivity contribution in [3.63, 3.8) is 0 Å². The zero-order chi connectivity index (χ0) is 23.7. The van der Waals surface area contributed by atoms with Crippen LogP contribution in [0.2, 0.25) is 5.02 Å². The SMILES string of the molecule is CCCCNC(=O)[C@@H](CC)N(Cc1ccccc1Cl)C(=O)COc1cc(C)cc(C)c1C. The highest BCUT2D eigenvalue weighted by Crippen LogP contribution is 2.24. The highest BCUT2D eigenvalue weighted by molar-refractivity contribution is 6.31. The topological polar surface area (TPSA) is 58.6 Å². The number of nitrogens with one attached hydrogen (secondary N) is 1. The number of nitrogens with zero attached hydrogens (tertiary/aromatic N) is 1. The Morgan fingerprint density at radius 2 is 1.84 bits per heavy atom. The highest BCUT2D eigenvalue weighted by Gasteiger charge is 2.29. The minimum atomic E-state index is -0.598. The van der Waals surface area contributed by atoms with Gasteiger partial charge in [0.2, 0.25) is 5.91 Å². The predicted molar refractivity (Wildman–Crippen MR) is 130 cm³/mol. The first-order chi connectivity index (χ1) is 15.3. The van der Waals surface area contributed by atoms with E-state index in [2.05, 4.69) is 18.3 Å². The lowest BCUT2D eigenvalue weighted by Crippen LogP contribution is -2.50. The Morgan fingerprint density at radius 1 is 1.12 bits per heavy atom. The maximum atomic E-state index is 13.3. The molecule has 0 saturated heterocycles. The Hall–Kier alpha value is -2.53. The first-order valence-corrected chi connectivity index (χ1v) is 11.7. The maximum absolute atomic E-state index is 13.3. The largest absolute Gasteiger partial charge is 0.483 e. The monoisotopic (exact) mass is 458 g/mol. The van der Waals surface area contributed by atoms with E-state index in [0.29, 0.717) is 23.7 Å². The molecule has 1 atom stereocenters. The van der Waals surface area contributed by atoms with E-state index in [0.717, 1.165) is 35.1 Å². The molecule has 2 rings (SSSR count). The molecule has 6 heteroatoms. The standard InChI is InChI=1S/C26H35ClN2O3/c1-6-8-13-28-26(31)23(7-2)29(16-21-11-9-10-12-22(21)27)25(30)17-32-24-15-18(3)14-19(4)20(24)5/h9-12,14-15,23H,6-8,13,16-17H2,1-5H3,(H,28,31)/t23-/m1/s1. The van der Waals surface area contributed by atoms with E-state index < -0.39 is 6.04 Å². The van der Waals surface area contributed by atoms with Crippen LogP contribution in [-0.4, -0.2) is 35.9 Å². The number of aryl methyl sites for hydroxylation is 2. The fourth-order valence-electron chi connectivity index (χ4n) is 3.61. The summed E-state index contributed by atoms with van der Waals surface area (Å²) < 4.78 is 5.93. The number of carbonyl (C=O) groups excluding carboxylic acids is 2. The molecule has 2 aromatic carbocycles. The average Bonchev–Trinajstić information content (AvgIpc) is 2.76. The third kappa shape index (κ3) is 6.99. The van der Waals surface area contributed by atoms with E-state index in [1.807, 2.05) is 52.0 Å². The summed E-state index contributed by atoms with van der Waals surface area (Å²) in [6, 6.07) is 10.8. The fraction of sp³-hybridized carbons (Fsp3) is 0.462. The van der Waals surface area contributed by atoms with Crippen LogP contribution in [0, 0.1) is 20.8 Å². The number of rotatable bonds is 11. The van der Waals surface area contributed by atoms with Crippen LogP contribution in [0.5, 0.6) is 5.75 Å². The van der Waals surface area contributed by atoms with Gasteiger partial charge in [-0.2, -0.15) is 0 Å². The molecule has 0 bridgehead atoms. The van der Waals surface area contributed by atoms with Gasteiger partial charge < -0.3 is 15.0 Å². The van der Waals surface area contributed by atoms with Gasteiger partial charge in [0.05, 0.1) is 0 Å². The van der Waals surface area contributed by atoms with Crippen LogP contribution in [-0.2, 0) is 16.1 Å². The Labute approximate surface area is 197 Å². The van der Waals surface area contributed by atoms with Crippen molar-refractivity contribution in [2.24, 2.45) is 0 Å². The smallest absolute Gasteiger partial charge is 0.261 e. The number of benzene rings is 2. The van der Waals surface area contributed by atoms with Gasteiger partial charge in [0.1, 0.15) is 11.8 Å². The van der Waals surface area contributed by atoms with Gasteiger partial charge in [-0.15, -0.1) is 0 Å². The molecule has 0 fully saturated rings. The lowest BCUT2D eigenvalue weighted by molar-refractivity contribution is -0.143. The Kier molecular flexibility index (Phi) is 10.0. The summed E-state index contributed by atoms with van der Waals surface area (Å²) in [6.07, 6.45) is 2.38. The molecule has 2 aromatic rings. The number of hydrogen-bond donors (Lipinski definition) is 1. The van der Waals surface area contributed by atoms with Gasteiger partial charge in [0, 0.05) is 18.1 Å². The Bertz CT molecular complexity index is 929. The summed E-state index contributed by atoms with van der Waals surface area (Å²) >= 11 is 6.36. The van der Waals surface area contributed by atoms with Crippen LogP contribution in [0.3, 0.4) is 0 Å². The van der Waals surface area contributed by atoms with Crippen molar-refractivity contribution in [3.05, 3.63) is 63.7 Å². The quantitative estimate of drug-likeness (QED) is 0.460. The van der Waals surface area contributed by atoms with E-state index in [1.165, 1.54) is 0 Å². The second-order valence-electron chi connectivity index (χ2n) is 8.18. The average molecular weight is 459 g/mol. The second kappa shape index (κ2) is 12.5. The van der Waals surface area contributed by atoms with Crippen molar-refractivity contribution in [3.8, 4) is 5.75 Å². The van der Waals surface area contributed by atoms with Crippen LogP contribution >= 0.6 is 11.6 Å². The van der Waals surface area contributed by atoms with Crippen LogP contribution in [0.15, 0.2) is 36.4 Å². The zero-order valence-corrected chi connectivity index (χ0v) is 20.6. The molecular formula is C26H35ClN2O3. The Balaban J connectivity index is 2.25. The van der Waals surface area contributed by atoms with E-state index in [4.69, 9.17) is 16.3 Å². The molecule has 0 unspecified atom stereocenters. The van der Waals surface area contributed by atoms with Crippen LogP contribution < -0.4 is 10.1 Å². The third-order valence-corrected chi connectivity index (χ3v) is 6.00. The molecule has 1 N–H and O–H groups in total. The molecule has 174 valence electrons. The number of hydrogen-bond acceptors (Lipinski definition) is 3. The molecule has 0 aliphatic carbocycles. The summed E-state index contributed by atoms with van der Waals surface area (Å²) in [5, 5.41) is 3.53. The lowest BCUT2D eigenvalue weighted by Gasteiger charge is -2.31. The van der Waals surface area contributed by atoms with Gasteiger partial charge in [-0.25, -0.2) is 0 Å². The molecule has 0 aliphatic heterocycles.